The molecule has 35 heavy (non-hydrogen) atoms. The standard InChI is InChI=1S/C27H38N2O5S/c1-3-23-13-14-24(34-25(30)4-2)26(29-35(31,32)20-22-11-6-5-7-12-22)27(23)33-19-9-8-10-21-15-17-28-18-16-21/h5-7,11-14,21,28-29H,3-4,8-10,15-20H2,1-2H3. The van der Waals surface area contributed by atoms with E-state index in [0.717, 1.165) is 37.4 Å². The second kappa shape index (κ2) is 13.5. The fourth-order valence-corrected chi connectivity index (χ4v) is 5.50. The van der Waals surface area contributed by atoms with E-state index >= 15 is 0 Å². The minimum absolute atomic E-state index is 0.162. The number of unbranched alkanes of at least 4 members (excludes halogenated alkanes) is 1. The minimum atomic E-state index is -3.78. The Kier molecular flexibility index (Phi) is 10.4. The van der Waals surface area contributed by atoms with Crippen molar-refractivity contribution in [1.82, 2.24) is 5.32 Å². The van der Waals surface area contributed by atoms with E-state index in [9.17, 15) is 13.2 Å². The van der Waals surface area contributed by atoms with Crippen molar-refractivity contribution in [1.29, 1.82) is 0 Å². The molecule has 0 bridgehead atoms. The highest BCUT2D eigenvalue weighted by molar-refractivity contribution is 7.91. The molecule has 1 saturated heterocycles. The molecule has 0 aromatic heterocycles. The molecular formula is C27H38N2O5S. The van der Waals surface area contributed by atoms with Gasteiger partial charge in [-0.05, 0) is 68.3 Å². The summed E-state index contributed by atoms with van der Waals surface area (Å²) in [5.41, 5.74) is 1.72. The molecular weight excluding hydrogens is 464 g/mol. The molecule has 1 heterocycles. The molecule has 0 unspecified atom stereocenters. The van der Waals surface area contributed by atoms with Crippen LogP contribution >= 0.6 is 0 Å². The summed E-state index contributed by atoms with van der Waals surface area (Å²) in [5.74, 6) is 0.731. The molecule has 1 aliphatic rings. The van der Waals surface area contributed by atoms with Crippen molar-refractivity contribution in [3.05, 3.63) is 53.6 Å². The van der Waals surface area contributed by atoms with E-state index in [0.29, 0.717) is 24.3 Å². The quantitative estimate of drug-likeness (QED) is 0.226. The van der Waals surface area contributed by atoms with Crippen LogP contribution in [-0.4, -0.2) is 34.1 Å². The van der Waals surface area contributed by atoms with Crippen LogP contribution in [0.15, 0.2) is 42.5 Å². The van der Waals surface area contributed by atoms with Crippen LogP contribution in [0.25, 0.3) is 0 Å². The fraction of sp³-hybridized carbons (Fsp3) is 0.519. The first kappa shape index (κ1) is 27.0. The number of carbonyl (C=O) groups excluding carboxylic acids is 1. The number of anilines is 1. The Labute approximate surface area is 209 Å². The number of piperidine rings is 1. The summed E-state index contributed by atoms with van der Waals surface area (Å²) < 4.78 is 40.5. The first-order valence-electron chi connectivity index (χ1n) is 12.7. The van der Waals surface area contributed by atoms with Crippen molar-refractivity contribution in [2.75, 3.05) is 24.4 Å². The lowest BCUT2D eigenvalue weighted by atomic mass is 9.93. The first-order valence-corrected chi connectivity index (χ1v) is 14.3. The molecule has 0 saturated carbocycles. The lowest BCUT2D eigenvalue weighted by Crippen LogP contribution is -2.27. The summed E-state index contributed by atoms with van der Waals surface area (Å²) in [6.45, 7) is 6.34. The number of rotatable bonds is 13. The third-order valence-electron chi connectivity index (χ3n) is 6.26. The summed E-state index contributed by atoms with van der Waals surface area (Å²) in [4.78, 5) is 12.1. The maximum atomic E-state index is 13.1. The lowest BCUT2D eigenvalue weighted by molar-refractivity contribution is -0.133. The van der Waals surface area contributed by atoms with E-state index in [1.807, 2.05) is 19.1 Å². The van der Waals surface area contributed by atoms with Crippen molar-refractivity contribution in [3.8, 4) is 11.5 Å². The zero-order valence-corrected chi connectivity index (χ0v) is 21.7. The maximum absolute atomic E-state index is 13.1. The van der Waals surface area contributed by atoms with Gasteiger partial charge < -0.3 is 14.8 Å². The van der Waals surface area contributed by atoms with E-state index in [4.69, 9.17) is 9.47 Å². The first-order chi connectivity index (χ1) is 16.9. The highest BCUT2D eigenvalue weighted by Gasteiger charge is 2.23. The third kappa shape index (κ3) is 8.54. The molecule has 0 spiro atoms. The Morgan fingerprint density at radius 2 is 1.80 bits per heavy atom. The van der Waals surface area contributed by atoms with Crippen LogP contribution in [0.5, 0.6) is 11.5 Å². The highest BCUT2D eigenvalue weighted by Crippen LogP contribution is 2.40. The van der Waals surface area contributed by atoms with Gasteiger partial charge in [0.05, 0.1) is 12.4 Å². The monoisotopic (exact) mass is 502 g/mol. The van der Waals surface area contributed by atoms with Crippen molar-refractivity contribution in [3.63, 3.8) is 0 Å². The Morgan fingerprint density at radius 3 is 2.49 bits per heavy atom. The van der Waals surface area contributed by atoms with Gasteiger partial charge in [-0.1, -0.05) is 56.7 Å². The second-order valence-electron chi connectivity index (χ2n) is 8.99. The normalized spacial score (nSPS) is 14.5. The fourth-order valence-electron chi connectivity index (χ4n) is 4.29. The van der Waals surface area contributed by atoms with Crippen LogP contribution < -0.4 is 19.5 Å². The van der Waals surface area contributed by atoms with E-state index in [1.165, 1.54) is 19.3 Å². The molecule has 8 heteroatoms. The second-order valence-corrected chi connectivity index (χ2v) is 10.7. The van der Waals surface area contributed by atoms with Gasteiger partial charge in [0.25, 0.3) is 0 Å². The van der Waals surface area contributed by atoms with E-state index in [1.54, 1.807) is 37.3 Å². The molecule has 0 aliphatic carbocycles. The number of sulfonamides is 1. The molecule has 3 rings (SSSR count). The SMILES string of the molecule is CCC(=O)Oc1ccc(CC)c(OCCCCC2CCNCC2)c1NS(=O)(=O)Cc1ccccc1. The molecule has 0 atom stereocenters. The van der Waals surface area contributed by atoms with Gasteiger partial charge in [0.2, 0.25) is 10.0 Å². The smallest absolute Gasteiger partial charge is 0.310 e. The van der Waals surface area contributed by atoms with Gasteiger partial charge in [-0.2, -0.15) is 0 Å². The van der Waals surface area contributed by atoms with Crippen molar-refractivity contribution < 1.29 is 22.7 Å². The van der Waals surface area contributed by atoms with Crippen LogP contribution in [0.3, 0.4) is 0 Å². The number of esters is 1. The van der Waals surface area contributed by atoms with Gasteiger partial charge in [0, 0.05) is 6.42 Å². The number of carbonyl (C=O) groups is 1. The van der Waals surface area contributed by atoms with Crippen LogP contribution in [0, 0.1) is 5.92 Å². The molecule has 1 fully saturated rings. The number of benzene rings is 2. The summed E-state index contributed by atoms with van der Waals surface area (Å²) in [6.07, 6.45) is 6.39. The van der Waals surface area contributed by atoms with Crippen LogP contribution in [-0.2, 0) is 27.0 Å². The molecule has 0 amide bonds. The minimum Gasteiger partial charge on any atom is -0.491 e. The summed E-state index contributed by atoms with van der Waals surface area (Å²) >= 11 is 0. The highest BCUT2D eigenvalue weighted by atomic mass is 32.2. The zero-order chi connectivity index (χ0) is 25.1. The third-order valence-corrected chi connectivity index (χ3v) is 7.49. The Morgan fingerprint density at radius 1 is 1.06 bits per heavy atom. The molecule has 7 nitrogen and oxygen atoms in total. The number of nitrogens with one attached hydrogen (secondary N) is 2. The number of hydrogen-bond donors (Lipinski definition) is 2. The Balaban J connectivity index is 1.77. The van der Waals surface area contributed by atoms with Crippen LogP contribution in [0.2, 0.25) is 0 Å². The Hall–Kier alpha value is -2.58. The summed E-state index contributed by atoms with van der Waals surface area (Å²) in [7, 11) is -3.78. The van der Waals surface area contributed by atoms with E-state index in [2.05, 4.69) is 10.0 Å². The van der Waals surface area contributed by atoms with Gasteiger partial charge >= 0.3 is 5.97 Å². The van der Waals surface area contributed by atoms with Crippen LogP contribution in [0.1, 0.15) is 63.5 Å². The van der Waals surface area contributed by atoms with Crippen molar-refractivity contribution in [2.45, 2.75) is 64.5 Å². The zero-order valence-electron chi connectivity index (χ0n) is 20.8. The lowest BCUT2D eigenvalue weighted by Gasteiger charge is -2.22. The maximum Gasteiger partial charge on any atom is 0.310 e. The predicted molar refractivity (Wildman–Crippen MR) is 139 cm³/mol. The van der Waals surface area contributed by atoms with E-state index in [-0.39, 0.29) is 23.6 Å². The van der Waals surface area contributed by atoms with Gasteiger partial charge in [0.1, 0.15) is 11.4 Å². The predicted octanol–water partition coefficient (Wildman–Crippen LogP) is 5.06. The molecule has 2 aromatic carbocycles. The molecule has 2 N–H and O–H groups in total. The van der Waals surface area contributed by atoms with Crippen LogP contribution in [0.4, 0.5) is 5.69 Å². The number of hydrogen-bond acceptors (Lipinski definition) is 6. The molecule has 2 aromatic rings. The average Bonchev–Trinajstić information content (AvgIpc) is 2.86. The molecule has 192 valence electrons. The number of aryl methyl sites for hydroxylation is 1. The van der Waals surface area contributed by atoms with Gasteiger partial charge in [-0.3, -0.25) is 9.52 Å². The summed E-state index contributed by atoms with van der Waals surface area (Å²) in [6, 6.07) is 12.4. The van der Waals surface area contributed by atoms with Crippen molar-refractivity contribution >= 4 is 21.7 Å². The van der Waals surface area contributed by atoms with Gasteiger partial charge in [-0.15, -0.1) is 0 Å². The average molecular weight is 503 g/mol. The summed E-state index contributed by atoms with van der Waals surface area (Å²) in [5, 5.41) is 3.40. The van der Waals surface area contributed by atoms with Gasteiger partial charge in [-0.25, -0.2) is 8.42 Å². The van der Waals surface area contributed by atoms with Gasteiger partial charge in [0.15, 0.2) is 5.75 Å². The Bertz CT molecular complexity index is 1050. The van der Waals surface area contributed by atoms with Crippen molar-refractivity contribution in [2.24, 2.45) is 5.92 Å². The number of ether oxygens (including phenoxy) is 2. The largest absolute Gasteiger partial charge is 0.491 e. The topological polar surface area (TPSA) is 93.7 Å². The van der Waals surface area contributed by atoms with E-state index < -0.39 is 16.0 Å². The molecule has 1 aliphatic heterocycles. The molecule has 0 radical (unpaired) electrons.